The van der Waals surface area contributed by atoms with Crippen LogP contribution in [0.25, 0.3) is 11.0 Å². The minimum absolute atomic E-state index is 0.227. The summed E-state index contributed by atoms with van der Waals surface area (Å²) in [5, 5.41) is 3.16. The first-order chi connectivity index (χ1) is 13.4. The smallest absolute Gasteiger partial charge is 0.408 e. The second-order valence-electron chi connectivity index (χ2n) is 8.37. The molecule has 0 aliphatic heterocycles. The topological polar surface area (TPSA) is 94.8 Å². The molecule has 7 nitrogen and oxygen atoms in total. The van der Waals surface area contributed by atoms with E-state index in [4.69, 9.17) is 13.9 Å². The van der Waals surface area contributed by atoms with Gasteiger partial charge in [0, 0.05) is 6.07 Å². The Morgan fingerprint density at radius 3 is 2.38 bits per heavy atom. The average molecular weight is 403 g/mol. The Hall–Kier alpha value is -2.83. The van der Waals surface area contributed by atoms with Crippen LogP contribution in [0.5, 0.6) is 5.75 Å². The molecule has 1 N–H and O–H groups in total. The molecule has 1 aromatic carbocycles. The predicted octanol–water partition coefficient (Wildman–Crippen LogP) is 4.12. The van der Waals surface area contributed by atoms with E-state index in [2.05, 4.69) is 5.32 Å². The Morgan fingerprint density at radius 2 is 1.83 bits per heavy atom. The molecule has 0 saturated heterocycles. The number of ether oxygens (including phenoxy) is 2. The molecule has 1 atom stereocenters. The third kappa shape index (κ3) is 5.82. The minimum atomic E-state index is -0.902. The summed E-state index contributed by atoms with van der Waals surface area (Å²) in [6, 6.07) is 3.94. The summed E-state index contributed by atoms with van der Waals surface area (Å²) in [6.45, 7) is 12.5. The van der Waals surface area contributed by atoms with Crippen molar-refractivity contribution in [3.63, 3.8) is 0 Å². The van der Waals surface area contributed by atoms with E-state index in [0.717, 1.165) is 11.1 Å². The van der Waals surface area contributed by atoms with E-state index < -0.39 is 29.3 Å². The summed E-state index contributed by atoms with van der Waals surface area (Å²) in [5.41, 5.74) is 0.718. The van der Waals surface area contributed by atoms with Crippen LogP contribution in [0.3, 0.4) is 0 Å². The van der Waals surface area contributed by atoms with Gasteiger partial charge in [-0.25, -0.2) is 14.4 Å². The fraction of sp³-hybridized carbons (Fsp3) is 0.500. The zero-order valence-electron chi connectivity index (χ0n) is 18.0. The van der Waals surface area contributed by atoms with Crippen LogP contribution < -0.4 is 15.7 Å². The first-order valence-electron chi connectivity index (χ1n) is 9.70. The van der Waals surface area contributed by atoms with Gasteiger partial charge < -0.3 is 19.2 Å². The molecule has 0 bridgehead atoms. The van der Waals surface area contributed by atoms with Crippen molar-refractivity contribution in [2.24, 2.45) is 5.92 Å². The highest BCUT2D eigenvalue weighted by atomic mass is 16.6. The molecule has 29 heavy (non-hydrogen) atoms. The first kappa shape index (κ1) is 22.5. The van der Waals surface area contributed by atoms with Gasteiger partial charge in [-0.05, 0) is 63.3 Å². The Balaban J connectivity index is 2.38. The maximum Gasteiger partial charge on any atom is 0.408 e. The molecule has 158 valence electrons. The molecule has 2 aromatic rings. The van der Waals surface area contributed by atoms with Crippen LogP contribution in [-0.2, 0) is 16.0 Å². The number of benzene rings is 1. The summed E-state index contributed by atoms with van der Waals surface area (Å²) in [4.78, 5) is 36.8. The Labute approximate surface area is 170 Å². The Morgan fingerprint density at radius 1 is 1.17 bits per heavy atom. The maximum atomic E-state index is 12.9. The zero-order chi connectivity index (χ0) is 21.9. The summed E-state index contributed by atoms with van der Waals surface area (Å²) in [5.74, 6) is -0.553. The van der Waals surface area contributed by atoms with Gasteiger partial charge >= 0.3 is 17.7 Å². The number of hydrogen-bond acceptors (Lipinski definition) is 6. The van der Waals surface area contributed by atoms with Crippen LogP contribution in [0, 0.1) is 12.8 Å². The molecule has 0 unspecified atom stereocenters. The highest BCUT2D eigenvalue weighted by Gasteiger charge is 2.29. The van der Waals surface area contributed by atoms with Gasteiger partial charge in [-0.15, -0.1) is 0 Å². The van der Waals surface area contributed by atoms with Gasteiger partial charge in [-0.2, -0.15) is 0 Å². The van der Waals surface area contributed by atoms with Crippen LogP contribution in [0.4, 0.5) is 4.79 Å². The number of carbonyl (C=O) groups excluding carboxylic acids is 2. The average Bonchev–Trinajstić information content (AvgIpc) is 2.56. The van der Waals surface area contributed by atoms with Crippen LogP contribution in [0.2, 0.25) is 0 Å². The first-order valence-corrected chi connectivity index (χ1v) is 9.70. The predicted molar refractivity (Wildman–Crippen MR) is 110 cm³/mol. The van der Waals surface area contributed by atoms with Gasteiger partial charge in [0.2, 0.25) is 0 Å². The number of carbonyl (C=O) groups is 2. The number of rotatable bonds is 5. The number of alkyl carbamates (subject to hydrolysis) is 1. The van der Waals surface area contributed by atoms with Gasteiger partial charge in [0.15, 0.2) is 0 Å². The molecule has 2 rings (SSSR count). The molecule has 0 aliphatic carbocycles. The number of aryl methyl sites for hydroxylation is 2. The summed E-state index contributed by atoms with van der Waals surface area (Å²) < 4.78 is 16.2. The maximum absolute atomic E-state index is 12.9. The summed E-state index contributed by atoms with van der Waals surface area (Å²) in [7, 11) is 0. The third-order valence-electron chi connectivity index (χ3n) is 4.22. The van der Waals surface area contributed by atoms with Crippen molar-refractivity contribution in [2.75, 3.05) is 0 Å². The lowest BCUT2D eigenvalue weighted by atomic mass is 10.0. The molecule has 0 fully saturated rings. The molecule has 0 spiro atoms. The second-order valence-corrected chi connectivity index (χ2v) is 8.37. The molecule has 1 amide bonds. The van der Waals surface area contributed by atoms with Crippen molar-refractivity contribution < 1.29 is 23.5 Å². The van der Waals surface area contributed by atoms with Crippen molar-refractivity contribution in [2.45, 2.75) is 66.5 Å². The number of esters is 1. The quantitative estimate of drug-likeness (QED) is 0.458. The fourth-order valence-electron chi connectivity index (χ4n) is 2.93. The van der Waals surface area contributed by atoms with Crippen molar-refractivity contribution >= 4 is 23.0 Å². The SMILES string of the molecule is CCc1cc(=O)oc2cc(C)cc(OC(=O)[C@H](NC(=O)OC(C)(C)C)C(C)C)c12. The lowest BCUT2D eigenvalue weighted by molar-refractivity contribution is -0.137. The van der Waals surface area contributed by atoms with Crippen LogP contribution in [0.1, 0.15) is 52.7 Å². The molecule has 0 radical (unpaired) electrons. The van der Waals surface area contributed by atoms with E-state index in [9.17, 15) is 14.4 Å². The van der Waals surface area contributed by atoms with Crippen molar-refractivity contribution in [3.8, 4) is 5.75 Å². The van der Waals surface area contributed by atoms with Gasteiger partial charge in [0.1, 0.15) is 23.0 Å². The number of amides is 1. The number of hydrogen-bond donors (Lipinski definition) is 1. The van der Waals surface area contributed by atoms with Gasteiger partial charge in [0.25, 0.3) is 0 Å². The van der Waals surface area contributed by atoms with Crippen LogP contribution in [-0.4, -0.2) is 23.7 Å². The van der Waals surface area contributed by atoms with Crippen molar-refractivity contribution in [1.29, 1.82) is 0 Å². The lowest BCUT2D eigenvalue weighted by Crippen LogP contribution is -2.48. The molecule has 7 heteroatoms. The number of nitrogens with one attached hydrogen (secondary N) is 1. The molecule has 0 saturated carbocycles. The van der Waals surface area contributed by atoms with Gasteiger partial charge in [0.05, 0.1) is 5.39 Å². The van der Waals surface area contributed by atoms with Crippen molar-refractivity contribution in [3.05, 3.63) is 39.7 Å². The molecule has 1 heterocycles. The van der Waals surface area contributed by atoms with E-state index >= 15 is 0 Å². The van der Waals surface area contributed by atoms with Crippen LogP contribution >= 0.6 is 0 Å². The van der Waals surface area contributed by atoms with Crippen LogP contribution in [0.15, 0.2) is 27.4 Å². The minimum Gasteiger partial charge on any atom is -0.444 e. The zero-order valence-corrected chi connectivity index (χ0v) is 18.0. The normalized spacial score (nSPS) is 12.7. The highest BCUT2D eigenvalue weighted by Crippen LogP contribution is 2.30. The van der Waals surface area contributed by atoms with E-state index in [-0.39, 0.29) is 5.92 Å². The molecular formula is C22H29NO6. The van der Waals surface area contributed by atoms with Crippen molar-refractivity contribution in [1.82, 2.24) is 5.32 Å². The van der Waals surface area contributed by atoms with Gasteiger partial charge in [-0.1, -0.05) is 20.8 Å². The van der Waals surface area contributed by atoms with E-state index in [1.165, 1.54) is 6.07 Å². The summed E-state index contributed by atoms with van der Waals surface area (Å²) in [6.07, 6.45) is -0.123. The van der Waals surface area contributed by atoms with Gasteiger partial charge in [-0.3, -0.25) is 0 Å². The second kappa shape index (κ2) is 8.68. The monoisotopic (exact) mass is 403 g/mol. The standard InChI is InChI=1S/C22H29NO6/c1-8-14-11-17(24)27-15-9-13(4)10-16(18(14)15)28-20(25)19(12(2)3)23-21(26)29-22(5,6)7/h9-12,19H,8H2,1-7H3,(H,23,26)/t19-/m1/s1. The fourth-order valence-corrected chi connectivity index (χ4v) is 2.93. The largest absolute Gasteiger partial charge is 0.444 e. The lowest BCUT2D eigenvalue weighted by Gasteiger charge is -2.24. The molecular weight excluding hydrogens is 374 g/mol. The Kier molecular flexibility index (Phi) is 6.72. The van der Waals surface area contributed by atoms with E-state index in [1.54, 1.807) is 46.8 Å². The molecule has 1 aromatic heterocycles. The van der Waals surface area contributed by atoms with E-state index in [1.807, 2.05) is 13.8 Å². The molecule has 0 aliphatic rings. The highest BCUT2D eigenvalue weighted by molar-refractivity contribution is 5.91. The third-order valence-corrected chi connectivity index (χ3v) is 4.22. The Bertz CT molecular complexity index is 968. The number of fused-ring (bicyclic) bond motifs is 1. The van der Waals surface area contributed by atoms with E-state index in [0.29, 0.717) is 23.1 Å². The summed E-state index contributed by atoms with van der Waals surface area (Å²) >= 11 is 0.